The summed E-state index contributed by atoms with van der Waals surface area (Å²) in [5.74, 6) is 2.04. The van der Waals surface area contributed by atoms with Gasteiger partial charge in [-0.15, -0.1) is 0 Å². The standard InChI is InChI=1S/C17H16N4O2/c1-11-8-12(10-18-20-11)15-19-16(21-23-15)17(6-7-17)13-4-3-5-14(9-13)22-2/h3-5,8-10H,6-7H2,1-2H3. The third-order valence-corrected chi connectivity index (χ3v) is 4.25. The minimum atomic E-state index is -0.161. The lowest BCUT2D eigenvalue weighted by atomic mass is 9.95. The predicted molar refractivity (Wildman–Crippen MR) is 83.1 cm³/mol. The number of aromatic nitrogens is 4. The van der Waals surface area contributed by atoms with Gasteiger partial charge in [0.2, 0.25) is 0 Å². The van der Waals surface area contributed by atoms with Crippen molar-refractivity contribution in [2.24, 2.45) is 0 Å². The van der Waals surface area contributed by atoms with Gasteiger partial charge in [-0.2, -0.15) is 15.2 Å². The smallest absolute Gasteiger partial charge is 0.259 e. The molecule has 1 saturated carbocycles. The van der Waals surface area contributed by atoms with Crippen LogP contribution in [0.3, 0.4) is 0 Å². The predicted octanol–water partition coefficient (Wildman–Crippen LogP) is 2.92. The summed E-state index contributed by atoms with van der Waals surface area (Å²) in [5, 5.41) is 12.1. The number of nitrogens with zero attached hydrogens (tertiary/aromatic N) is 4. The lowest BCUT2D eigenvalue weighted by molar-refractivity contribution is 0.411. The third kappa shape index (κ3) is 2.36. The second kappa shape index (κ2) is 5.15. The van der Waals surface area contributed by atoms with E-state index >= 15 is 0 Å². The molecule has 1 aliphatic rings. The molecule has 0 atom stereocenters. The van der Waals surface area contributed by atoms with Crippen LogP contribution in [0, 0.1) is 6.92 Å². The zero-order valence-corrected chi connectivity index (χ0v) is 13.0. The van der Waals surface area contributed by atoms with E-state index in [0.717, 1.165) is 41.2 Å². The first-order chi connectivity index (χ1) is 11.2. The Kier molecular flexibility index (Phi) is 3.11. The molecule has 0 saturated heterocycles. The Hall–Kier alpha value is -2.76. The molecule has 0 unspecified atom stereocenters. The van der Waals surface area contributed by atoms with Crippen LogP contribution in [-0.4, -0.2) is 27.4 Å². The minimum Gasteiger partial charge on any atom is -0.497 e. The van der Waals surface area contributed by atoms with Crippen LogP contribution in [0.15, 0.2) is 41.1 Å². The Morgan fingerprint density at radius 3 is 2.83 bits per heavy atom. The number of hydrogen-bond acceptors (Lipinski definition) is 6. The van der Waals surface area contributed by atoms with Gasteiger partial charge in [0.1, 0.15) is 5.75 Å². The number of benzene rings is 1. The van der Waals surface area contributed by atoms with E-state index in [9.17, 15) is 0 Å². The summed E-state index contributed by atoms with van der Waals surface area (Å²) in [6.07, 6.45) is 3.65. The fourth-order valence-corrected chi connectivity index (χ4v) is 2.81. The van der Waals surface area contributed by atoms with E-state index in [4.69, 9.17) is 9.26 Å². The van der Waals surface area contributed by atoms with E-state index in [1.54, 1.807) is 13.3 Å². The van der Waals surface area contributed by atoms with Crippen molar-refractivity contribution in [2.45, 2.75) is 25.2 Å². The largest absolute Gasteiger partial charge is 0.497 e. The van der Waals surface area contributed by atoms with E-state index in [1.807, 2.05) is 31.2 Å². The van der Waals surface area contributed by atoms with Crippen molar-refractivity contribution >= 4 is 0 Å². The van der Waals surface area contributed by atoms with Crippen LogP contribution >= 0.6 is 0 Å². The lowest BCUT2D eigenvalue weighted by Crippen LogP contribution is -2.11. The van der Waals surface area contributed by atoms with E-state index < -0.39 is 0 Å². The summed E-state index contributed by atoms with van der Waals surface area (Å²) in [4.78, 5) is 4.60. The molecule has 0 bridgehead atoms. The summed E-state index contributed by atoms with van der Waals surface area (Å²) < 4.78 is 10.8. The van der Waals surface area contributed by atoms with Crippen LogP contribution in [0.5, 0.6) is 5.75 Å². The molecular formula is C17H16N4O2. The maximum absolute atomic E-state index is 5.45. The first kappa shape index (κ1) is 13.9. The molecule has 2 heterocycles. The summed E-state index contributed by atoms with van der Waals surface area (Å²) in [5.41, 5.74) is 2.60. The second-order valence-electron chi connectivity index (χ2n) is 5.82. The van der Waals surface area contributed by atoms with Crippen LogP contribution in [-0.2, 0) is 5.41 Å². The molecule has 0 radical (unpaired) electrons. The highest BCUT2D eigenvalue weighted by molar-refractivity contribution is 5.52. The van der Waals surface area contributed by atoms with Crippen molar-refractivity contribution < 1.29 is 9.26 Å². The monoisotopic (exact) mass is 308 g/mol. The van der Waals surface area contributed by atoms with Crippen LogP contribution in [0.4, 0.5) is 0 Å². The van der Waals surface area contributed by atoms with Gasteiger partial charge in [0.05, 0.1) is 30.0 Å². The number of aryl methyl sites for hydroxylation is 1. The van der Waals surface area contributed by atoms with Gasteiger partial charge in [0, 0.05) is 0 Å². The summed E-state index contributed by atoms with van der Waals surface area (Å²) in [6, 6.07) is 9.94. The number of rotatable bonds is 4. The average molecular weight is 308 g/mol. The third-order valence-electron chi connectivity index (χ3n) is 4.25. The molecule has 1 aromatic carbocycles. The van der Waals surface area contributed by atoms with Gasteiger partial charge in [-0.25, -0.2) is 0 Å². The SMILES string of the molecule is COc1cccc(C2(c3noc(-c4cnnc(C)c4)n3)CC2)c1. The first-order valence-corrected chi connectivity index (χ1v) is 7.50. The summed E-state index contributed by atoms with van der Waals surface area (Å²) in [7, 11) is 1.67. The zero-order chi connectivity index (χ0) is 15.9. The van der Waals surface area contributed by atoms with Crippen LogP contribution in [0.1, 0.15) is 29.9 Å². The number of methoxy groups -OCH3 is 1. The topological polar surface area (TPSA) is 73.9 Å². The zero-order valence-electron chi connectivity index (χ0n) is 13.0. The number of ether oxygens (including phenoxy) is 1. The van der Waals surface area contributed by atoms with Gasteiger partial charge < -0.3 is 9.26 Å². The van der Waals surface area contributed by atoms with Crippen molar-refractivity contribution in [3.05, 3.63) is 53.6 Å². The highest BCUT2D eigenvalue weighted by Crippen LogP contribution is 2.53. The lowest BCUT2D eigenvalue weighted by Gasteiger charge is -2.12. The maximum atomic E-state index is 5.45. The average Bonchev–Trinajstić information content (AvgIpc) is 3.25. The van der Waals surface area contributed by atoms with Gasteiger partial charge in [0.15, 0.2) is 5.82 Å². The molecule has 2 aromatic heterocycles. The molecule has 1 aliphatic carbocycles. The molecule has 116 valence electrons. The highest BCUT2D eigenvalue weighted by atomic mass is 16.5. The van der Waals surface area contributed by atoms with E-state index in [1.165, 1.54) is 0 Å². The van der Waals surface area contributed by atoms with Crippen molar-refractivity contribution in [1.82, 2.24) is 20.3 Å². The fraction of sp³-hybridized carbons (Fsp3) is 0.294. The van der Waals surface area contributed by atoms with Gasteiger partial charge in [-0.05, 0) is 43.5 Å². The maximum Gasteiger partial charge on any atom is 0.259 e. The quantitative estimate of drug-likeness (QED) is 0.738. The van der Waals surface area contributed by atoms with Crippen LogP contribution in [0.2, 0.25) is 0 Å². The fourth-order valence-electron chi connectivity index (χ4n) is 2.81. The molecular weight excluding hydrogens is 292 g/mol. The molecule has 3 aromatic rings. The molecule has 0 aliphatic heterocycles. The van der Waals surface area contributed by atoms with Gasteiger partial charge in [0.25, 0.3) is 5.89 Å². The van der Waals surface area contributed by atoms with Crippen LogP contribution < -0.4 is 4.74 Å². The Morgan fingerprint density at radius 2 is 2.09 bits per heavy atom. The summed E-state index contributed by atoms with van der Waals surface area (Å²) >= 11 is 0. The van der Waals surface area contributed by atoms with Crippen molar-refractivity contribution in [1.29, 1.82) is 0 Å². The first-order valence-electron chi connectivity index (χ1n) is 7.50. The Morgan fingerprint density at radius 1 is 1.22 bits per heavy atom. The van der Waals surface area contributed by atoms with Gasteiger partial charge >= 0.3 is 0 Å². The highest BCUT2D eigenvalue weighted by Gasteiger charge is 2.50. The van der Waals surface area contributed by atoms with Gasteiger partial charge in [-0.1, -0.05) is 17.3 Å². The second-order valence-corrected chi connectivity index (χ2v) is 5.82. The molecule has 23 heavy (non-hydrogen) atoms. The molecule has 1 fully saturated rings. The van der Waals surface area contributed by atoms with Crippen molar-refractivity contribution in [2.75, 3.05) is 7.11 Å². The molecule has 0 amide bonds. The minimum absolute atomic E-state index is 0.161. The molecule has 0 spiro atoms. The molecule has 6 heteroatoms. The Labute approximate surface area is 133 Å². The van der Waals surface area contributed by atoms with E-state index in [-0.39, 0.29) is 5.41 Å². The van der Waals surface area contributed by atoms with Crippen molar-refractivity contribution in [3.8, 4) is 17.2 Å². The molecule has 0 N–H and O–H groups in total. The van der Waals surface area contributed by atoms with Gasteiger partial charge in [-0.3, -0.25) is 0 Å². The van der Waals surface area contributed by atoms with Crippen molar-refractivity contribution in [3.63, 3.8) is 0 Å². The van der Waals surface area contributed by atoms with E-state index in [0.29, 0.717) is 5.89 Å². The Bertz CT molecular complexity index is 855. The Balaban J connectivity index is 1.71. The van der Waals surface area contributed by atoms with E-state index in [2.05, 4.69) is 26.4 Å². The molecule has 4 rings (SSSR count). The molecule has 6 nitrogen and oxygen atoms in total. The normalized spacial score (nSPS) is 15.4. The van der Waals surface area contributed by atoms with Crippen LogP contribution in [0.25, 0.3) is 11.5 Å². The number of hydrogen-bond donors (Lipinski definition) is 0. The summed E-state index contributed by atoms with van der Waals surface area (Å²) in [6.45, 7) is 1.88.